The van der Waals surface area contributed by atoms with Crippen molar-refractivity contribution in [3.8, 4) is 5.69 Å². The Bertz CT molecular complexity index is 833. The Kier molecular flexibility index (Phi) is 4.76. The van der Waals surface area contributed by atoms with Crippen molar-refractivity contribution < 1.29 is 9.18 Å². The maximum atomic E-state index is 13.5. The first-order valence-electron chi connectivity index (χ1n) is 9.85. The predicted molar refractivity (Wildman–Crippen MR) is 102 cm³/mol. The third kappa shape index (κ3) is 3.27. The highest BCUT2D eigenvalue weighted by molar-refractivity contribution is 5.87. The van der Waals surface area contributed by atoms with Crippen molar-refractivity contribution in [2.24, 2.45) is 0 Å². The molecule has 27 heavy (non-hydrogen) atoms. The normalized spacial score (nSPS) is 23.7. The smallest absolute Gasteiger partial charge is 0.243 e. The van der Waals surface area contributed by atoms with Gasteiger partial charge in [-0.1, -0.05) is 6.07 Å². The molecular weight excluding hydrogens is 343 g/mol. The number of carbonyl (C=O) groups excluding carboxylic acids is 1. The molecule has 0 aliphatic carbocycles. The lowest BCUT2D eigenvalue weighted by molar-refractivity contribution is -0.149. The quantitative estimate of drug-likeness (QED) is 0.829. The molecule has 1 aromatic heterocycles. The van der Waals surface area contributed by atoms with Crippen molar-refractivity contribution in [3.63, 3.8) is 0 Å². The van der Waals surface area contributed by atoms with Crippen LogP contribution in [0.2, 0.25) is 0 Å². The van der Waals surface area contributed by atoms with E-state index in [4.69, 9.17) is 0 Å². The van der Waals surface area contributed by atoms with Crippen LogP contribution in [0.4, 0.5) is 4.39 Å². The van der Waals surface area contributed by atoms with Crippen LogP contribution in [0, 0.1) is 5.82 Å². The number of hydrogen-bond acceptors (Lipinski definition) is 3. The minimum atomic E-state index is -0.358. The van der Waals surface area contributed by atoms with E-state index in [0.29, 0.717) is 18.1 Å². The maximum Gasteiger partial charge on any atom is 0.243 e. The number of nitrogens with zero attached hydrogens (tertiary/aromatic N) is 4. The van der Waals surface area contributed by atoms with Gasteiger partial charge >= 0.3 is 0 Å². The Hall–Kier alpha value is -2.21. The van der Waals surface area contributed by atoms with E-state index in [1.807, 2.05) is 23.4 Å². The number of carbonyl (C=O) groups is 1. The molecule has 2 aliphatic rings. The van der Waals surface area contributed by atoms with Gasteiger partial charge in [0.1, 0.15) is 11.4 Å². The first kappa shape index (κ1) is 18.2. The fraction of sp³-hybridized carbons (Fsp3) is 0.524. The summed E-state index contributed by atoms with van der Waals surface area (Å²) >= 11 is 0. The molecule has 1 amide bonds. The largest absolute Gasteiger partial charge is 0.339 e. The second-order valence-corrected chi connectivity index (χ2v) is 8.03. The summed E-state index contributed by atoms with van der Waals surface area (Å²) in [6.45, 7) is 6.69. The van der Waals surface area contributed by atoms with Gasteiger partial charge in [0.2, 0.25) is 5.91 Å². The van der Waals surface area contributed by atoms with Crippen molar-refractivity contribution in [3.05, 3.63) is 48.0 Å². The summed E-state index contributed by atoms with van der Waals surface area (Å²) in [5.41, 5.74) is 1.40. The van der Waals surface area contributed by atoms with E-state index in [1.54, 1.807) is 10.7 Å². The van der Waals surface area contributed by atoms with Crippen molar-refractivity contribution in [2.75, 3.05) is 13.1 Å². The molecule has 2 aromatic rings. The molecule has 1 unspecified atom stereocenters. The van der Waals surface area contributed by atoms with Crippen LogP contribution in [-0.4, -0.2) is 50.2 Å². The lowest BCUT2D eigenvalue weighted by Crippen LogP contribution is -2.61. The summed E-state index contributed by atoms with van der Waals surface area (Å²) in [4.78, 5) is 17.7. The van der Waals surface area contributed by atoms with Gasteiger partial charge in [0, 0.05) is 30.9 Å². The summed E-state index contributed by atoms with van der Waals surface area (Å²) in [7, 11) is 0. The Labute approximate surface area is 159 Å². The zero-order valence-electron chi connectivity index (χ0n) is 16.1. The summed E-state index contributed by atoms with van der Waals surface area (Å²) in [6.07, 6.45) is 7.75. The van der Waals surface area contributed by atoms with E-state index >= 15 is 0 Å². The van der Waals surface area contributed by atoms with E-state index in [-0.39, 0.29) is 17.4 Å². The lowest BCUT2D eigenvalue weighted by atomic mass is 9.84. The number of benzene rings is 1. The second kappa shape index (κ2) is 7.08. The van der Waals surface area contributed by atoms with Crippen molar-refractivity contribution in [1.82, 2.24) is 19.6 Å². The standard InChI is InChI=1S/C21H27FN4O/c1-16(2)25-11-5-9-21(20(25)27)8-4-10-24(21)14-17-13-23-26(15-17)19-7-3-6-18(22)12-19/h3,6-7,12-13,15-16H,4-5,8-11,14H2,1-2H3. The predicted octanol–water partition coefficient (Wildman–Crippen LogP) is 3.38. The van der Waals surface area contributed by atoms with Crippen LogP contribution >= 0.6 is 0 Å². The number of aromatic nitrogens is 2. The number of piperidine rings is 1. The highest BCUT2D eigenvalue weighted by Gasteiger charge is 2.51. The molecule has 1 spiro atoms. The number of rotatable bonds is 4. The van der Waals surface area contributed by atoms with E-state index in [1.165, 1.54) is 12.1 Å². The Morgan fingerprint density at radius 1 is 1.22 bits per heavy atom. The van der Waals surface area contributed by atoms with Crippen LogP contribution in [0.1, 0.15) is 45.1 Å². The highest BCUT2D eigenvalue weighted by atomic mass is 19.1. The van der Waals surface area contributed by atoms with Gasteiger partial charge in [-0.3, -0.25) is 9.69 Å². The van der Waals surface area contributed by atoms with Crippen LogP contribution in [-0.2, 0) is 11.3 Å². The van der Waals surface area contributed by atoms with Crippen LogP contribution in [0.5, 0.6) is 0 Å². The van der Waals surface area contributed by atoms with E-state index in [9.17, 15) is 9.18 Å². The van der Waals surface area contributed by atoms with Gasteiger partial charge in [-0.2, -0.15) is 5.10 Å². The fourth-order valence-corrected chi connectivity index (χ4v) is 4.62. The molecule has 2 fully saturated rings. The molecule has 4 rings (SSSR count). The number of likely N-dealkylation sites (tertiary alicyclic amines) is 2. The molecule has 2 aliphatic heterocycles. The number of amides is 1. The topological polar surface area (TPSA) is 41.4 Å². The first-order valence-corrected chi connectivity index (χ1v) is 9.85. The summed E-state index contributed by atoms with van der Waals surface area (Å²) in [5, 5.41) is 4.39. The average Bonchev–Trinajstić information content (AvgIpc) is 3.26. The second-order valence-electron chi connectivity index (χ2n) is 8.03. The Morgan fingerprint density at radius 3 is 2.74 bits per heavy atom. The molecule has 0 bridgehead atoms. The maximum absolute atomic E-state index is 13.5. The molecule has 0 radical (unpaired) electrons. The zero-order chi connectivity index (χ0) is 19.0. The first-order chi connectivity index (χ1) is 13.0. The van der Waals surface area contributed by atoms with Crippen LogP contribution in [0.25, 0.3) is 5.69 Å². The van der Waals surface area contributed by atoms with Gasteiger partial charge in [-0.15, -0.1) is 0 Å². The van der Waals surface area contributed by atoms with Crippen LogP contribution in [0.15, 0.2) is 36.7 Å². The molecule has 1 atom stereocenters. The lowest BCUT2D eigenvalue weighted by Gasteiger charge is -2.46. The van der Waals surface area contributed by atoms with E-state index in [0.717, 1.165) is 44.3 Å². The fourth-order valence-electron chi connectivity index (χ4n) is 4.62. The Morgan fingerprint density at radius 2 is 2.00 bits per heavy atom. The minimum Gasteiger partial charge on any atom is -0.339 e. The third-order valence-corrected chi connectivity index (χ3v) is 5.98. The van der Waals surface area contributed by atoms with Gasteiger partial charge < -0.3 is 4.90 Å². The van der Waals surface area contributed by atoms with E-state index < -0.39 is 0 Å². The number of halogens is 1. The van der Waals surface area contributed by atoms with Crippen molar-refractivity contribution in [1.29, 1.82) is 0 Å². The van der Waals surface area contributed by atoms with Gasteiger partial charge in [-0.05, 0) is 64.3 Å². The monoisotopic (exact) mass is 370 g/mol. The summed E-state index contributed by atoms with van der Waals surface area (Å²) in [5.74, 6) is 0.0170. The summed E-state index contributed by atoms with van der Waals surface area (Å²) in [6, 6.07) is 6.66. The summed E-state index contributed by atoms with van der Waals surface area (Å²) < 4.78 is 15.2. The molecule has 144 valence electrons. The van der Waals surface area contributed by atoms with Crippen molar-refractivity contribution >= 4 is 5.91 Å². The molecular formula is C21H27FN4O. The molecule has 2 saturated heterocycles. The van der Waals surface area contributed by atoms with Crippen molar-refractivity contribution in [2.45, 2.75) is 57.7 Å². The molecule has 6 heteroatoms. The van der Waals surface area contributed by atoms with Gasteiger partial charge in [0.15, 0.2) is 0 Å². The van der Waals surface area contributed by atoms with Gasteiger partial charge in [0.25, 0.3) is 0 Å². The molecule has 1 aromatic carbocycles. The SMILES string of the molecule is CC(C)N1CCCC2(CCCN2Cc2cnn(-c3cccc(F)c3)c2)C1=O. The van der Waals surface area contributed by atoms with Gasteiger partial charge in [-0.25, -0.2) is 9.07 Å². The third-order valence-electron chi connectivity index (χ3n) is 5.98. The zero-order valence-corrected chi connectivity index (χ0v) is 16.1. The molecule has 0 saturated carbocycles. The minimum absolute atomic E-state index is 0.243. The molecule has 3 heterocycles. The highest BCUT2D eigenvalue weighted by Crippen LogP contribution is 2.39. The van der Waals surface area contributed by atoms with Crippen LogP contribution < -0.4 is 0 Å². The van der Waals surface area contributed by atoms with Gasteiger partial charge in [0.05, 0.1) is 11.9 Å². The molecule has 5 nitrogen and oxygen atoms in total. The number of hydrogen-bond donors (Lipinski definition) is 0. The molecule has 0 N–H and O–H groups in total. The van der Waals surface area contributed by atoms with Crippen LogP contribution in [0.3, 0.4) is 0 Å². The Balaban J connectivity index is 1.55. The van der Waals surface area contributed by atoms with E-state index in [2.05, 4.69) is 23.8 Å². The average molecular weight is 370 g/mol.